The van der Waals surface area contributed by atoms with E-state index in [2.05, 4.69) is 7.05 Å². The highest BCUT2D eigenvalue weighted by atomic mass is 15.3. The van der Waals surface area contributed by atoms with Crippen LogP contribution in [0, 0.1) is 5.92 Å². The van der Waals surface area contributed by atoms with E-state index in [1.807, 2.05) is 4.68 Å². The molecule has 2 N–H and O–H groups in total. The third-order valence-corrected chi connectivity index (χ3v) is 5.33. The molecule has 1 heterocycles. The van der Waals surface area contributed by atoms with Gasteiger partial charge in [-0.1, -0.05) is 32.1 Å². The van der Waals surface area contributed by atoms with Crippen LogP contribution >= 0.6 is 0 Å². The smallest absolute Gasteiger partial charge is 0.154 e. The summed E-state index contributed by atoms with van der Waals surface area (Å²) in [5.41, 5.74) is 5.97. The standard InChI is InChI=1S/C16H28N4/c1-20-16(14-10-6-5-9-13(14)11-17)18-15(19-20)12-7-3-2-4-8-12/h12-14H,2-11,17H2,1H3. The first-order valence-electron chi connectivity index (χ1n) is 8.40. The Balaban J connectivity index is 1.80. The van der Waals surface area contributed by atoms with Gasteiger partial charge in [0.15, 0.2) is 5.82 Å². The van der Waals surface area contributed by atoms with Gasteiger partial charge in [-0.15, -0.1) is 0 Å². The van der Waals surface area contributed by atoms with Gasteiger partial charge in [0.1, 0.15) is 5.82 Å². The van der Waals surface area contributed by atoms with Gasteiger partial charge < -0.3 is 5.73 Å². The van der Waals surface area contributed by atoms with Gasteiger partial charge in [0.05, 0.1) is 0 Å². The fourth-order valence-electron chi connectivity index (χ4n) is 4.10. The third kappa shape index (κ3) is 2.76. The summed E-state index contributed by atoms with van der Waals surface area (Å²) < 4.78 is 2.04. The minimum Gasteiger partial charge on any atom is -0.330 e. The van der Waals surface area contributed by atoms with Crippen molar-refractivity contribution in [1.82, 2.24) is 14.8 Å². The molecule has 3 rings (SSSR count). The zero-order chi connectivity index (χ0) is 13.9. The monoisotopic (exact) mass is 276 g/mol. The highest BCUT2D eigenvalue weighted by molar-refractivity contribution is 5.07. The molecule has 0 spiro atoms. The first kappa shape index (κ1) is 14.1. The second-order valence-electron chi connectivity index (χ2n) is 6.67. The van der Waals surface area contributed by atoms with Crippen LogP contribution in [-0.2, 0) is 7.05 Å². The summed E-state index contributed by atoms with van der Waals surface area (Å²) in [6.07, 6.45) is 11.7. The van der Waals surface area contributed by atoms with Crippen molar-refractivity contribution >= 4 is 0 Å². The number of nitrogens with zero attached hydrogens (tertiary/aromatic N) is 3. The molecule has 0 radical (unpaired) electrons. The Labute approximate surface area is 122 Å². The van der Waals surface area contributed by atoms with E-state index >= 15 is 0 Å². The van der Waals surface area contributed by atoms with Crippen molar-refractivity contribution in [3.63, 3.8) is 0 Å². The minimum atomic E-state index is 0.531. The summed E-state index contributed by atoms with van der Waals surface area (Å²) in [6.45, 7) is 0.788. The van der Waals surface area contributed by atoms with Gasteiger partial charge in [-0.2, -0.15) is 5.10 Å². The summed E-state index contributed by atoms with van der Waals surface area (Å²) in [7, 11) is 2.07. The molecule has 2 aliphatic carbocycles. The highest BCUT2D eigenvalue weighted by Crippen LogP contribution is 2.37. The molecule has 0 amide bonds. The number of aromatic nitrogens is 3. The molecule has 4 heteroatoms. The molecule has 4 nitrogen and oxygen atoms in total. The van der Waals surface area contributed by atoms with Gasteiger partial charge in [0, 0.05) is 18.9 Å². The van der Waals surface area contributed by atoms with E-state index in [0.29, 0.717) is 17.8 Å². The number of hydrogen-bond donors (Lipinski definition) is 1. The lowest BCUT2D eigenvalue weighted by Gasteiger charge is -2.29. The van der Waals surface area contributed by atoms with E-state index in [1.165, 1.54) is 63.6 Å². The van der Waals surface area contributed by atoms with Crippen molar-refractivity contribution in [3.8, 4) is 0 Å². The van der Waals surface area contributed by atoms with Gasteiger partial charge in [-0.3, -0.25) is 4.68 Å². The lowest BCUT2D eigenvalue weighted by Crippen LogP contribution is -2.27. The van der Waals surface area contributed by atoms with Crippen LogP contribution in [0.5, 0.6) is 0 Å². The number of hydrogen-bond acceptors (Lipinski definition) is 3. The molecule has 1 aromatic rings. The van der Waals surface area contributed by atoms with Crippen molar-refractivity contribution in [1.29, 1.82) is 0 Å². The van der Waals surface area contributed by atoms with Crippen LogP contribution in [0.15, 0.2) is 0 Å². The average Bonchev–Trinajstić information content (AvgIpc) is 2.90. The summed E-state index contributed by atoms with van der Waals surface area (Å²) >= 11 is 0. The number of nitrogens with two attached hydrogens (primary N) is 1. The molecule has 1 aromatic heterocycles. The van der Waals surface area contributed by atoms with Crippen LogP contribution in [0.25, 0.3) is 0 Å². The van der Waals surface area contributed by atoms with E-state index in [9.17, 15) is 0 Å². The summed E-state index contributed by atoms with van der Waals surface area (Å²) in [4.78, 5) is 4.95. The fourth-order valence-corrected chi connectivity index (χ4v) is 4.10. The zero-order valence-corrected chi connectivity index (χ0v) is 12.7. The maximum atomic E-state index is 5.97. The van der Waals surface area contributed by atoms with Gasteiger partial charge in [-0.25, -0.2) is 4.98 Å². The second kappa shape index (κ2) is 6.25. The van der Waals surface area contributed by atoms with E-state index in [0.717, 1.165) is 12.4 Å². The van der Waals surface area contributed by atoms with Crippen molar-refractivity contribution in [2.75, 3.05) is 6.54 Å². The van der Waals surface area contributed by atoms with E-state index in [1.54, 1.807) is 0 Å². The molecule has 0 saturated heterocycles. The van der Waals surface area contributed by atoms with Gasteiger partial charge >= 0.3 is 0 Å². The Hall–Kier alpha value is -0.900. The second-order valence-corrected chi connectivity index (χ2v) is 6.67. The SMILES string of the molecule is Cn1nc(C2CCCCC2)nc1C1CCCCC1CN. The van der Waals surface area contributed by atoms with E-state index < -0.39 is 0 Å². The Morgan fingerprint density at radius 1 is 1.05 bits per heavy atom. The van der Waals surface area contributed by atoms with Crippen LogP contribution in [-0.4, -0.2) is 21.3 Å². The van der Waals surface area contributed by atoms with E-state index in [4.69, 9.17) is 15.8 Å². The molecule has 2 unspecified atom stereocenters. The molecule has 2 fully saturated rings. The van der Waals surface area contributed by atoms with Crippen molar-refractivity contribution < 1.29 is 0 Å². The lowest BCUT2D eigenvalue weighted by molar-refractivity contribution is 0.298. The summed E-state index contributed by atoms with van der Waals surface area (Å²) in [5, 5.41) is 4.74. The first-order valence-corrected chi connectivity index (χ1v) is 8.40. The molecule has 0 aromatic carbocycles. The quantitative estimate of drug-likeness (QED) is 0.923. The molecule has 2 aliphatic rings. The minimum absolute atomic E-state index is 0.531. The van der Waals surface area contributed by atoms with Crippen LogP contribution in [0.1, 0.15) is 81.3 Å². The maximum Gasteiger partial charge on any atom is 0.154 e. The summed E-state index contributed by atoms with van der Waals surface area (Å²) in [6, 6.07) is 0. The Morgan fingerprint density at radius 2 is 1.75 bits per heavy atom. The topological polar surface area (TPSA) is 56.7 Å². The number of aryl methyl sites for hydroxylation is 1. The van der Waals surface area contributed by atoms with Gasteiger partial charge in [0.25, 0.3) is 0 Å². The van der Waals surface area contributed by atoms with Crippen LogP contribution < -0.4 is 5.73 Å². The fraction of sp³-hybridized carbons (Fsp3) is 0.875. The van der Waals surface area contributed by atoms with Crippen molar-refractivity contribution in [3.05, 3.63) is 11.6 Å². The predicted octanol–water partition coefficient (Wildman–Crippen LogP) is 3.10. The molecule has 20 heavy (non-hydrogen) atoms. The van der Waals surface area contributed by atoms with Gasteiger partial charge in [0.2, 0.25) is 0 Å². The zero-order valence-electron chi connectivity index (χ0n) is 12.7. The maximum absolute atomic E-state index is 5.97. The molecule has 0 bridgehead atoms. The third-order valence-electron chi connectivity index (χ3n) is 5.33. The molecular weight excluding hydrogens is 248 g/mol. The Bertz CT molecular complexity index is 434. The molecule has 112 valence electrons. The average molecular weight is 276 g/mol. The molecule has 2 saturated carbocycles. The van der Waals surface area contributed by atoms with E-state index in [-0.39, 0.29) is 0 Å². The highest BCUT2D eigenvalue weighted by Gasteiger charge is 2.30. The molecular formula is C16H28N4. The Kier molecular flexibility index (Phi) is 4.39. The predicted molar refractivity (Wildman–Crippen MR) is 80.6 cm³/mol. The van der Waals surface area contributed by atoms with Crippen LogP contribution in [0.2, 0.25) is 0 Å². The van der Waals surface area contributed by atoms with Crippen molar-refractivity contribution in [2.24, 2.45) is 18.7 Å². The van der Waals surface area contributed by atoms with Crippen LogP contribution in [0.3, 0.4) is 0 Å². The number of rotatable bonds is 3. The molecule has 0 aliphatic heterocycles. The Morgan fingerprint density at radius 3 is 2.50 bits per heavy atom. The lowest BCUT2D eigenvalue weighted by atomic mass is 9.78. The van der Waals surface area contributed by atoms with Crippen molar-refractivity contribution in [2.45, 2.75) is 69.6 Å². The first-order chi connectivity index (χ1) is 9.79. The molecule has 2 atom stereocenters. The largest absolute Gasteiger partial charge is 0.330 e. The normalized spacial score (nSPS) is 28.7. The van der Waals surface area contributed by atoms with Crippen LogP contribution in [0.4, 0.5) is 0 Å². The summed E-state index contributed by atoms with van der Waals surface area (Å²) in [5.74, 6) is 4.03. The van der Waals surface area contributed by atoms with Gasteiger partial charge in [-0.05, 0) is 38.1 Å².